The first-order valence-corrected chi connectivity index (χ1v) is 7.00. The van der Waals surface area contributed by atoms with E-state index in [1.165, 1.54) is 17.7 Å². The highest BCUT2D eigenvalue weighted by atomic mass is 32.1. The zero-order valence-electron chi connectivity index (χ0n) is 10.4. The molecule has 2 N–H and O–H groups in total. The van der Waals surface area contributed by atoms with E-state index in [1.54, 1.807) is 6.07 Å². The Labute approximate surface area is 112 Å². The van der Waals surface area contributed by atoms with E-state index in [4.69, 9.17) is 18.0 Å². The Hall–Kier alpha value is -1.16. The van der Waals surface area contributed by atoms with Crippen LogP contribution in [0.5, 0.6) is 0 Å². The highest BCUT2D eigenvalue weighted by Crippen LogP contribution is 2.50. The lowest BCUT2D eigenvalue weighted by molar-refractivity contribution is 0.422. The molecule has 0 atom stereocenters. The molecule has 0 aliphatic heterocycles. The fraction of sp³-hybridized carbons (Fsp3) is 0.571. The molecule has 0 saturated heterocycles. The van der Waals surface area contributed by atoms with E-state index in [-0.39, 0.29) is 11.0 Å². The zero-order chi connectivity index (χ0) is 12.8. The van der Waals surface area contributed by atoms with Crippen LogP contribution < -0.4 is 11.3 Å². The quantitative estimate of drug-likeness (QED) is 0.842. The fourth-order valence-corrected chi connectivity index (χ4v) is 3.39. The smallest absolute Gasteiger partial charge is 0.250 e. The summed E-state index contributed by atoms with van der Waals surface area (Å²) in [5, 5.41) is 0. The van der Waals surface area contributed by atoms with E-state index >= 15 is 0 Å². The maximum Gasteiger partial charge on any atom is 0.250 e. The molecule has 0 amide bonds. The third-order valence-corrected chi connectivity index (χ3v) is 4.39. The topological polar surface area (TPSA) is 48.0 Å². The average molecular weight is 262 g/mol. The summed E-state index contributed by atoms with van der Waals surface area (Å²) in [6, 6.07) is 3.70. The first-order chi connectivity index (χ1) is 8.60. The minimum atomic E-state index is 0.130. The number of hydrogen-bond acceptors (Lipinski definition) is 2. The first kappa shape index (κ1) is 11.9. The molecule has 1 aromatic rings. The molecule has 2 aliphatic rings. The van der Waals surface area contributed by atoms with Gasteiger partial charge >= 0.3 is 0 Å². The number of nitrogens with two attached hydrogens (primary N) is 1. The van der Waals surface area contributed by atoms with Crippen LogP contribution in [0.2, 0.25) is 0 Å². The standard InChI is InChI=1S/C14H18N2OS/c15-12(18)8-14(6-7-14)9-16-11-3-1-2-10(11)4-5-13(16)17/h4-5H,1-3,6-9H2,(H2,15,18). The lowest BCUT2D eigenvalue weighted by Gasteiger charge is -2.19. The minimum absolute atomic E-state index is 0.130. The Morgan fingerprint density at radius 2 is 2.17 bits per heavy atom. The fourth-order valence-electron chi connectivity index (χ4n) is 3.08. The molecular formula is C14H18N2OS. The van der Waals surface area contributed by atoms with Crippen LogP contribution in [-0.4, -0.2) is 9.56 Å². The van der Waals surface area contributed by atoms with Crippen molar-refractivity contribution in [2.24, 2.45) is 11.1 Å². The van der Waals surface area contributed by atoms with E-state index in [0.29, 0.717) is 4.99 Å². The van der Waals surface area contributed by atoms with Crippen LogP contribution >= 0.6 is 12.2 Å². The van der Waals surface area contributed by atoms with Gasteiger partial charge in [0.1, 0.15) is 0 Å². The summed E-state index contributed by atoms with van der Waals surface area (Å²) >= 11 is 5.02. The average Bonchev–Trinajstić information content (AvgIpc) is 2.89. The molecule has 1 fully saturated rings. The molecule has 0 radical (unpaired) electrons. The normalized spacial score (nSPS) is 19.6. The molecule has 1 saturated carbocycles. The Morgan fingerprint density at radius 1 is 1.39 bits per heavy atom. The van der Waals surface area contributed by atoms with Crippen molar-refractivity contribution in [2.75, 3.05) is 0 Å². The van der Waals surface area contributed by atoms with Crippen molar-refractivity contribution in [1.82, 2.24) is 4.57 Å². The summed E-state index contributed by atoms with van der Waals surface area (Å²) in [6.45, 7) is 0.798. The summed E-state index contributed by atoms with van der Waals surface area (Å²) in [6.07, 6.45) is 6.37. The molecule has 1 heterocycles. The number of thiocarbonyl (C=S) groups is 1. The van der Waals surface area contributed by atoms with Gasteiger partial charge in [-0.1, -0.05) is 18.3 Å². The van der Waals surface area contributed by atoms with E-state index in [0.717, 1.165) is 38.6 Å². The summed E-state index contributed by atoms with van der Waals surface area (Å²) in [4.78, 5) is 12.6. The van der Waals surface area contributed by atoms with Crippen LogP contribution in [-0.2, 0) is 19.4 Å². The summed E-state index contributed by atoms with van der Waals surface area (Å²) < 4.78 is 1.98. The minimum Gasteiger partial charge on any atom is -0.393 e. The highest BCUT2D eigenvalue weighted by molar-refractivity contribution is 7.80. The molecule has 18 heavy (non-hydrogen) atoms. The molecular weight excluding hydrogens is 244 g/mol. The van der Waals surface area contributed by atoms with Gasteiger partial charge in [-0.25, -0.2) is 0 Å². The Bertz CT molecular complexity index is 557. The van der Waals surface area contributed by atoms with Crippen molar-refractivity contribution < 1.29 is 0 Å². The predicted molar refractivity (Wildman–Crippen MR) is 75.8 cm³/mol. The van der Waals surface area contributed by atoms with E-state index < -0.39 is 0 Å². The number of hydrogen-bond donors (Lipinski definition) is 1. The molecule has 1 aromatic heterocycles. The van der Waals surface area contributed by atoms with Crippen molar-refractivity contribution in [3.8, 4) is 0 Å². The van der Waals surface area contributed by atoms with Crippen molar-refractivity contribution in [2.45, 2.75) is 45.1 Å². The van der Waals surface area contributed by atoms with Gasteiger partial charge in [-0.05, 0) is 43.1 Å². The van der Waals surface area contributed by atoms with Gasteiger partial charge in [-0.3, -0.25) is 4.79 Å². The summed E-state index contributed by atoms with van der Waals surface area (Å²) in [7, 11) is 0. The number of nitrogens with zero attached hydrogens (tertiary/aromatic N) is 1. The Balaban J connectivity index is 1.92. The molecule has 3 nitrogen and oxygen atoms in total. The van der Waals surface area contributed by atoms with Gasteiger partial charge < -0.3 is 10.3 Å². The molecule has 4 heteroatoms. The second kappa shape index (κ2) is 4.19. The second-order valence-corrected chi connectivity index (χ2v) is 6.25. The summed E-state index contributed by atoms with van der Waals surface area (Å²) in [5.74, 6) is 0. The highest BCUT2D eigenvalue weighted by Gasteiger charge is 2.43. The Morgan fingerprint density at radius 3 is 2.83 bits per heavy atom. The van der Waals surface area contributed by atoms with E-state index in [2.05, 4.69) is 0 Å². The van der Waals surface area contributed by atoms with Gasteiger partial charge in [0.15, 0.2) is 0 Å². The molecule has 0 spiro atoms. The second-order valence-electron chi connectivity index (χ2n) is 5.73. The number of fused-ring (bicyclic) bond motifs is 1. The summed E-state index contributed by atoms with van der Waals surface area (Å²) in [5.41, 5.74) is 8.57. The number of aromatic nitrogens is 1. The molecule has 0 unspecified atom stereocenters. The van der Waals surface area contributed by atoms with Gasteiger partial charge in [-0.2, -0.15) is 0 Å². The molecule has 3 rings (SSSR count). The van der Waals surface area contributed by atoms with Gasteiger partial charge in [-0.15, -0.1) is 0 Å². The van der Waals surface area contributed by atoms with Crippen molar-refractivity contribution >= 4 is 17.2 Å². The van der Waals surface area contributed by atoms with Gasteiger partial charge in [0.05, 0.1) is 4.99 Å². The van der Waals surface area contributed by atoms with E-state index in [9.17, 15) is 4.79 Å². The van der Waals surface area contributed by atoms with Crippen LogP contribution in [0.3, 0.4) is 0 Å². The van der Waals surface area contributed by atoms with Crippen molar-refractivity contribution in [3.63, 3.8) is 0 Å². The third kappa shape index (κ3) is 2.09. The monoisotopic (exact) mass is 262 g/mol. The van der Waals surface area contributed by atoms with E-state index in [1.807, 2.05) is 10.6 Å². The third-order valence-electron chi connectivity index (χ3n) is 4.25. The Kier molecular flexibility index (Phi) is 2.77. The maximum absolute atomic E-state index is 12.1. The lowest BCUT2D eigenvalue weighted by atomic mass is 10.0. The van der Waals surface area contributed by atoms with Gasteiger partial charge in [0, 0.05) is 24.7 Å². The molecule has 0 bridgehead atoms. The van der Waals surface area contributed by atoms with Gasteiger partial charge in [0.2, 0.25) is 0 Å². The zero-order valence-corrected chi connectivity index (χ0v) is 11.3. The van der Waals surface area contributed by atoms with Crippen molar-refractivity contribution in [3.05, 3.63) is 33.7 Å². The largest absolute Gasteiger partial charge is 0.393 e. The van der Waals surface area contributed by atoms with Crippen LogP contribution in [0.25, 0.3) is 0 Å². The van der Waals surface area contributed by atoms with Crippen LogP contribution in [0, 0.1) is 5.41 Å². The van der Waals surface area contributed by atoms with Crippen molar-refractivity contribution in [1.29, 1.82) is 0 Å². The SMILES string of the molecule is NC(=S)CC1(Cn2c3c(ccc2=O)CCC3)CC1. The van der Waals surface area contributed by atoms with Crippen LogP contribution in [0.1, 0.15) is 36.9 Å². The van der Waals surface area contributed by atoms with Crippen LogP contribution in [0.15, 0.2) is 16.9 Å². The molecule has 2 aliphatic carbocycles. The lowest BCUT2D eigenvalue weighted by Crippen LogP contribution is -2.29. The predicted octanol–water partition coefficient (Wildman–Crippen LogP) is 1.79. The first-order valence-electron chi connectivity index (χ1n) is 6.60. The van der Waals surface area contributed by atoms with Gasteiger partial charge in [0.25, 0.3) is 5.56 Å². The number of pyridine rings is 1. The molecule has 96 valence electrons. The maximum atomic E-state index is 12.1. The number of aryl methyl sites for hydroxylation is 1. The number of rotatable bonds is 4. The van der Waals surface area contributed by atoms with Crippen LogP contribution in [0.4, 0.5) is 0 Å². The molecule has 0 aromatic carbocycles.